The Morgan fingerprint density at radius 2 is 1.16 bits per heavy atom. The summed E-state index contributed by atoms with van der Waals surface area (Å²) in [6, 6.07) is 34.5. The van der Waals surface area contributed by atoms with Crippen LogP contribution >= 0.6 is 34.3 Å². The first-order chi connectivity index (χ1) is 18.8. The Hall–Kier alpha value is -4.03. The monoisotopic (exact) mass is 541 g/mol. The Kier molecular flexibility index (Phi) is 4.14. The molecule has 0 radical (unpaired) electrons. The Morgan fingerprint density at radius 1 is 0.553 bits per heavy atom. The number of nitrogens with zero attached hydrogens (tertiary/aromatic N) is 3. The molecule has 5 aromatic carbocycles. The van der Waals surface area contributed by atoms with Gasteiger partial charge in [0.1, 0.15) is 0 Å². The van der Waals surface area contributed by atoms with Gasteiger partial charge in [-0.05, 0) is 35.2 Å². The lowest BCUT2D eigenvalue weighted by Crippen LogP contribution is -2.00. The van der Waals surface area contributed by atoms with Crippen LogP contribution in [-0.4, -0.2) is 14.5 Å². The van der Waals surface area contributed by atoms with E-state index in [1.165, 1.54) is 51.9 Å². The highest BCUT2D eigenvalue weighted by atomic mass is 35.5. The molecule has 4 heterocycles. The lowest BCUT2D eigenvalue weighted by molar-refractivity contribution is 1.08. The molecule has 4 aromatic heterocycles. The van der Waals surface area contributed by atoms with Crippen LogP contribution in [0.3, 0.4) is 0 Å². The van der Waals surface area contributed by atoms with Gasteiger partial charge in [-0.1, -0.05) is 78.9 Å². The largest absolute Gasteiger partial charge is 0.292 e. The first-order valence-corrected chi connectivity index (χ1v) is 14.4. The minimum Gasteiger partial charge on any atom is -0.292 e. The van der Waals surface area contributed by atoms with Crippen LogP contribution in [0.1, 0.15) is 0 Å². The highest BCUT2D eigenvalue weighted by Gasteiger charge is 2.24. The maximum Gasteiger partial charge on any atom is 0.225 e. The molecule has 38 heavy (non-hydrogen) atoms. The number of rotatable bonds is 1. The summed E-state index contributed by atoms with van der Waals surface area (Å²) in [5.74, 6) is 0.833. The summed E-state index contributed by atoms with van der Waals surface area (Å²) in [4.78, 5) is 9.62. The van der Waals surface area contributed by atoms with E-state index >= 15 is 0 Å². The lowest BCUT2D eigenvalue weighted by Gasteiger charge is -2.11. The van der Waals surface area contributed by atoms with Crippen molar-refractivity contribution in [2.24, 2.45) is 0 Å². The van der Waals surface area contributed by atoms with Gasteiger partial charge in [0.2, 0.25) is 5.28 Å². The van der Waals surface area contributed by atoms with Gasteiger partial charge in [0.15, 0.2) is 5.82 Å². The molecule has 178 valence electrons. The second-order valence-electron chi connectivity index (χ2n) is 9.52. The molecule has 0 fully saturated rings. The molecule has 9 aromatic rings. The van der Waals surface area contributed by atoms with Crippen LogP contribution in [0.15, 0.2) is 97.1 Å². The third-order valence-corrected chi connectivity index (χ3v) is 10.1. The van der Waals surface area contributed by atoms with E-state index in [1.54, 1.807) is 11.3 Å². The molecule has 9 rings (SSSR count). The van der Waals surface area contributed by atoms with Gasteiger partial charge < -0.3 is 0 Å². The van der Waals surface area contributed by atoms with Crippen LogP contribution < -0.4 is 0 Å². The number of benzene rings is 5. The quantitative estimate of drug-likeness (QED) is 0.193. The highest BCUT2D eigenvalue weighted by molar-refractivity contribution is 7.27. The zero-order valence-electron chi connectivity index (χ0n) is 19.8. The first-order valence-electron chi connectivity index (χ1n) is 12.4. The van der Waals surface area contributed by atoms with E-state index in [0.29, 0.717) is 0 Å². The smallest absolute Gasteiger partial charge is 0.225 e. The third-order valence-electron chi connectivity index (χ3n) is 7.53. The number of hydrogen-bond donors (Lipinski definition) is 0. The van der Waals surface area contributed by atoms with E-state index in [1.807, 2.05) is 11.3 Å². The van der Waals surface area contributed by atoms with Crippen molar-refractivity contribution in [2.75, 3.05) is 0 Å². The minimum absolute atomic E-state index is 0.259. The van der Waals surface area contributed by atoms with E-state index in [0.717, 1.165) is 26.9 Å². The Balaban J connectivity index is 1.63. The fraction of sp³-hybridized carbons (Fsp3) is 0. The summed E-state index contributed by atoms with van der Waals surface area (Å²) < 4.78 is 7.14. The van der Waals surface area contributed by atoms with Crippen LogP contribution in [0.25, 0.3) is 78.9 Å². The number of para-hydroxylation sites is 1. The fourth-order valence-corrected chi connectivity index (χ4v) is 8.57. The molecular formula is C32H16ClN3S2. The van der Waals surface area contributed by atoms with Gasteiger partial charge in [-0.3, -0.25) is 4.57 Å². The van der Waals surface area contributed by atoms with Crippen molar-refractivity contribution in [3.05, 3.63) is 102 Å². The standard InChI is InChI=1S/C32H16ClN3S2/c33-32-34-27-21-13-5-8-16-24(21)38-30(27)31(35-32)36-22-14-6-3-11-19(22)25-17-9-1-2-10-18(17)29-26(28(25)36)20-12-4-7-15-23(20)37-29/h1-16H. The fourth-order valence-electron chi connectivity index (χ4n) is 6.04. The van der Waals surface area contributed by atoms with E-state index in [4.69, 9.17) is 21.6 Å². The molecule has 0 spiro atoms. The van der Waals surface area contributed by atoms with Gasteiger partial charge in [-0.2, -0.15) is 4.98 Å². The molecule has 6 heteroatoms. The van der Waals surface area contributed by atoms with Gasteiger partial charge in [-0.25, -0.2) is 4.98 Å². The molecule has 0 aliphatic carbocycles. The molecule has 0 bridgehead atoms. The number of thiophene rings is 2. The van der Waals surface area contributed by atoms with Gasteiger partial charge >= 0.3 is 0 Å². The van der Waals surface area contributed by atoms with E-state index in [2.05, 4.69) is 102 Å². The molecule has 0 saturated carbocycles. The number of fused-ring (bicyclic) bond motifs is 13. The van der Waals surface area contributed by atoms with Crippen molar-refractivity contribution in [1.82, 2.24) is 14.5 Å². The molecule has 0 aliphatic heterocycles. The maximum absolute atomic E-state index is 6.66. The maximum atomic E-state index is 6.66. The molecule has 0 aliphatic rings. The zero-order valence-corrected chi connectivity index (χ0v) is 22.2. The van der Waals surface area contributed by atoms with Crippen LogP contribution in [0, 0.1) is 0 Å². The van der Waals surface area contributed by atoms with Crippen LogP contribution in [0.2, 0.25) is 5.28 Å². The average molecular weight is 542 g/mol. The van der Waals surface area contributed by atoms with Gasteiger partial charge in [-0.15, -0.1) is 22.7 Å². The summed E-state index contributed by atoms with van der Waals surface area (Å²) in [5, 5.41) is 8.89. The van der Waals surface area contributed by atoms with Crippen molar-refractivity contribution in [2.45, 2.75) is 0 Å². The summed E-state index contributed by atoms with van der Waals surface area (Å²) in [6.45, 7) is 0. The van der Waals surface area contributed by atoms with E-state index < -0.39 is 0 Å². The highest BCUT2D eigenvalue weighted by Crippen LogP contribution is 2.48. The SMILES string of the molecule is Clc1nc(-n2c3ccccc3c3c4ccccc4c4sc5ccccc5c4c32)c2sc3ccccc3c2n1. The molecule has 0 saturated heterocycles. The number of aromatic nitrogens is 3. The topological polar surface area (TPSA) is 30.7 Å². The number of halogens is 1. The predicted octanol–water partition coefficient (Wildman–Crippen LogP) is 10.1. The Labute approximate surface area is 229 Å². The molecule has 0 amide bonds. The summed E-state index contributed by atoms with van der Waals surface area (Å²) in [6.07, 6.45) is 0. The second-order valence-corrected chi connectivity index (χ2v) is 12.0. The molecule has 3 nitrogen and oxygen atoms in total. The van der Waals surface area contributed by atoms with Gasteiger partial charge in [0, 0.05) is 46.4 Å². The second kappa shape index (κ2) is 7.51. The Morgan fingerprint density at radius 3 is 1.97 bits per heavy atom. The van der Waals surface area contributed by atoms with E-state index in [-0.39, 0.29) is 5.28 Å². The molecular weight excluding hydrogens is 526 g/mol. The van der Waals surface area contributed by atoms with Gasteiger partial charge in [0.25, 0.3) is 0 Å². The normalized spacial score (nSPS) is 12.3. The third kappa shape index (κ3) is 2.63. The lowest BCUT2D eigenvalue weighted by atomic mass is 10.00. The van der Waals surface area contributed by atoms with Crippen molar-refractivity contribution < 1.29 is 0 Å². The van der Waals surface area contributed by atoms with Crippen molar-refractivity contribution in [3.63, 3.8) is 0 Å². The first kappa shape index (κ1) is 21.0. The molecule has 0 N–H and O–H groups in total. The van der Waals surface area contributed by atoms with Crippen molar-refractivity contribution in [1.29, 1.82) is 0 Å². The average Bonchev–Trinajstić information content (AvgIpc) is 3.63. The molecule has 0 atom stereocenters. The van der Waals surface area contributed by atoms with Crippen molar-refractivity contribution in [3.8, 4) is 5.82 Å². The predicted molar refractivity (Wildman–Crippen MR) is 165 cm³/mol. The summed E-state index contributed by atoms with van der Waals surface area (Å²) in [7, 11) is 0. The van der Waals surface area contributed by atoms with Crippen LogP contribution in [0.5, 0.6) is 0 Å². The molecule has 0 unspecified atom stereocenters. The zero-order chi connectivity index (χ0) is 25.0. The number of hydrogen-bond acceptors (Lipinski definition) is 4. The minimum atomic E-state index is 0.259. The van der Waals surface area contributed by atoms with Crippen LogP contribution in [0.4, 0.5) is 0 Å². The summed E-state index contributed by atoms with van der Waals surface area (Å²) >= 11 is 10.2. The Bertz CT molecular complexity index is 2430. The van der Waals surface area contributed by atoms with E-state index in [9.17, 15) is 0 Å². The van der Waals surface area contributed by atoms with Crippen molar-refractivity contribution >= 4 is 107 Å². The van der Waals surface area contributed by atoms with Gasteiger partial charge in [0.05, 0.1) is 21.3 Å². The summed E-state index contributed by atoms with van der Waals surface area (Å²) in [5.41, 5.74) is 3.19. The van der Waals surface area contributed by atoms with Crippen LogP contribution in [-0.2, 0) is 0 Å².